The molecule has 1 aromatic rings. The van der Waals surface area contributed by atoms with Crippen molar-refractivity contribution in [3.8, 4) is 0 Å². The molecule has 0 radical (unpaired) electrons. The van der Waals surface area contributed by atoms with Gasteiger partial charge in [0.2, 0.25) is 11.8 Å². The topological polar surface area (TPSA) is 79.0 Å². The van der Waals surface area contributed by atoms with Gasteiger partial charge in [-0.25, -0.2) is 4.98 Å². The molecule has 1 saturated heterocycles. The number of amides is 2. The number of imide groups is 1. The molecule has 102 valence electrons. The van der Waals surface area contributed by atoms with Crippen molar-refractivity contribution in [1.29, 1.82) is 0 Å². The summed E-state index contributed by atoms with van der Waals surface area (Å²) < 4.78 is 0. The van der Waals surface area contributed by atoms with Gasteiger partial charge in [0.15, 0.2) is 0 Å². The van der Waals surface area contributed by atoms with Crippen LogP contribution in [0, 0.1) is 17.8 Å². The van der Waals surface area contributed by atoms with Crippen molar-refractivity contribution in [2.24, 2.45) is 17.8 Å². The normalized spacial score (nSPS) is 30.2. The molecule has 2 fully saturated rings. The third-order valence-electron chi connectivity index (χ3n) is 4.44. The quantitative estimate of drug-likeness (QED) is 0.813. The van der Waals surface area contributed by atoms with Crippen LogP contribution in [-0.4, -0.2) is 38.4 Å². The number of H-pyrrole nitrogens is 1. The van der Waals surface area contributed by atoms with E-state index < -0.39 is 0 Å². The molecule has 0 aromatic carbocycles. The summed E-state index contributed by atoms with van der Waals surface area (Å²) in [6.45, 7) is 2.54. The maximum atomic E-state index is 12.3. The Morgan fingerprint density at radius 3 is 2.53 bits per heavy atom. The SMILES string of the molecule is CCC1CC2C(=O)N(CCc3ncn[nH]3)C(=O)C2C1. The van der Waals surface area contributed by atoms with Gasteiger partial charge in [0.1, 0.15) is 12.2 Å². The third kappa shape index (κ3) is 2.05. The van der Waals surface area contributed by atoms with Gasteiger partial charge in [0, 0.05) is 13.0 Å². The molecule has 2 heterocycles. The Bertz CT molecular complexity index is 461. The highest BCUT2D eigenvalue weighted by Crippen LogP contribution is 2.44. The van der Waals surface area contributed by atoms with Gasteiger partial charge in [-0.1, -0.05) is 13.3 Å². The largest absolute Gasteiger partial charge is 0.282 e. The summed E-state index contributed by atoms with van der Waals surface area (Å²) in [6, 6.07) is 0. The zero-order chi connectivity index (χ0) is 13.4. The molecular formula is C13H18N4O2. The van der Waals surface area contributed by atoms with E-state index in [2.05, 4.69) is 22.1 Å². The van der Waals surface area contributed by atoms with Crippen LogP contribution >= 0.6 is 0 Å². The number of aromatic nitrogens is 3. The Morgan fingerprint density at radius 2 is 2.00 bits per heavy atom. The maximum absolute atomic E-state index is 12.3. The Morgan fingerprint density at radius 1 is 1.32 bits per heavy atom. The molecule has 6 heteroatoms. The molecule has 1 aromatic heterocycles. The van der Waals surface area contributed by atoms with Crippen molar-refractivity contribution < 1.29 is 9.59 Å². The molecule has 6 nitrogen and oxygen atoms in total. The molecule has 1 N–H and O–H groups in total. The highest BCUT2D eigenvalue weighted by molar-refractivity contribution is 6.05. The molecular weight excluding hydrogens is 244 g/mol. The van der Waals surface area contributed by atoms with Gasteiger partial charge in [0.05, 0.1) is 11.8 Å². The lowest BCUT2D eigenvalue weighted by molar-refractivity contribution is -0.140. The van der Waals surface area contributed by atoms with E-state index in [1.54, 1.807) is 0 Å². The number of rotatable bonds is 4. The molecule has 2 amide bonds. The van der Waals surface area contributed by atoms with Gasteiger partial charge in [-0.05, 0) is 18.8 Å². The monoisotopic (exact) mass is 262 g/mol. The van der Waals surface area contributed by atoms with Crippen LogP contribution in [-0.2, 0) is 16.0 Å². The zero-order valence-corrected chi connectivity index (χ0v) is 11.0. The number of nitrogens with one attached hydrogen (secondary N) is 1. The number of carbonyl (C=O) groups excluding carboxylic acids is 2. The van der Waals surface area contributed by atoms with Crippen LogP contribution in [0.1, 0.15) is 32.0 Å². The van der Waals surface area contributed by atoms with Gasteiger partial charge in [-0.15, -0.1) is 0 Å². The lowest BCUT2D eigenvalue weighted by Gasteiger charge is -2.16. The second-order valence-electron chi connectivity index (χ2n) is 5.47. The maximum Gasteiger partial charge on any atom is 0.233 e. The van der Waals surface area contributed by atoms with Crippen LogP contribution in [0.15, 0.2) is 6.33 Å². The van der Waals surface area contributed by atoms with E-state index in [-0.39, 0.29) is 23.7 Å². The molecule has 2 unspecified atom stereocenters. The van der Waals surface area contributed by atoms with Crippen molar-refractivity contribution in [3.63, 3.8) is 0 Å². The molecule has 2 aliphatic rings. The van der Waals surface area contributed by atoms with Crippen molar-refractivity contribution in [2.75, 3.05) is 6.54 Å². The Balaban J connectivity index is 1.65. The minimum Gasteiger partial charge on any atom is -0.282 e. The molecule has 2 atom stereocenters. The second kappa shape index (κ2) is 4.75. The number of hydrogen-bond donors (Lipinski definition) is 1. The average Bonchev–Trinajstić information content (AvgIpc) is 3.10. The van der Waals surface area contributed by atoms with E-state index in [4.69, 9.17) is 0 Å². The first kappa shape index (κ1) is 12.3. The number of carbonyl (C=O) groups is 2. The van der Waals surface area contributed by atoms with Gasteiger partial charge in [-0.2, -0.15) is 5.10 Å². The van der Waals surface area contributed by atoms with Crippen LogP contribution in [0.5, 0.6) is 0 Å². The highest BCUT2D eigenvalue weighted by Gasteiger charge is 2.51. The van der Waals surface area contributed by atoms with Crippen LogP contribution in [0.25, 0.3) is 0 Å². The van der Waals surface area contributed by atoms with Crippen LogP contribution < -0.4 is 0 Å². The summed E-state index contributed by atoms with van der Waals surface area (Å²) in [4.78, 5) is 30.0. The number of likely N-dealkylation sites (tertiary alicyclic amines) is 1. The van der Waals surface area contributed by atoms with Gasteiger partial charge in [-0.3, -0.25) is 19.6 Å². The molecule has 3 rings (SSSR count). The minimum atomic E-state index is -0.0628. The molecule has 0 bridgehead atoms. The predicted octanol–water partition coefficient (Wildman–Crippen LogP) is 0.768. The van der Waals surface area contributed by atoms with E-state index in [0.29, 0.717) is 24.7 Å². The van der Waals surface area contributed by atoms with Crippen LogP contribution in [0.2, 0.25) is 0 Å². The molecule has 0 spiro atoms. The van der Waals surface area contributed by atoms with E-state index in [0.717, 1.165) is 19.3 Å². The third-order valence-corrected chi connectivity index (χ3v) is 4.44. The summed E-state index contributed by atoms with van der Waals surface area (Å²) in [5.74, 6) is 1.17. The van der Waals surface area contributed by atoms with E-state index in [1.807, 2.05) is 0 Å². The van der Waals surface area contributed by atoms with Crippen molar-refractivity contribution in [1.82, 2.24) is 20.1 Å². The zero-order valence-electron chi connectivity index (χ0n) is 11.0. The summed E-state index contributed by atoms with van der Waals surface area (Å²) in [5.41, 5.74) is 0. The van der Waals surface area contributed by atoms with E-state index >= 15 is 0 Å². The standard InChI is InChI=1S/C13H18N4O2/c1-2-8-5-9-10(6-8)13(19)17(12(9)18)4-3-11-14-7-15-16-11/h7-10H,2-6H2,1H3,(H,14,15,16). The Hall–Kier alpha value is -1.72. The van der Waals surface area contributed by atoms with Crippen LogP contribution in [0.4, 0.5) is 0 Å². The highest BCUT2D eigenvalue weighted by atomic mass is 16.2. The first-order valence-corrected chi connectivity index (χ1v) is 6.90. The number of nitrogens with zero attached hydrogens (tertiary/aromatic N) is 3. The predicted molar refractivity (Wildman–Crippen MR) is 66.8 cm³/mol. The molecule has 19 heavy (non-hydrogen) atoms. The summed E-state index contributed by atoms with van der Waals surface area (Å²) >= 11 is 0. The second-order valence-corrected chi connectivity index (χ2v) is 5.47. The number of aromatic amines is 1. The molecule has 1 saturated carbocycles. The molecule has 1 aliphatic heterocycles. The summed E-state index contributed by atoms with van der Waals surface area (Å²) in [5, 5.41) is 6.51. The molecule has 1 aliphatic carbocycles. The van der Waals surface area contributed by atoms with Gasteiger partial charge >= 0.3 is 0 Å². The lowest BCUT2D eigenvalue weighted by Crippen LogP contribution is -2.34. The minimum absolute atomic E-state index is 0.0189. The van der Waals surface area contributed by atoms with Crippen molar-refractivity contribution >= 4 is 11.8 Å². The fourth-order valence-corrected chi connectivity index (χ4v) is 3.32. The Kier molecular flexibility index (Phi) is 3.08. The van der Waals surface area contributed by atoms with Crippen molar-refractivity contribution in [2.45, 2.75) is 32.6 Å². The summed E-state index contributed by atoms with van der Waals surface area (Å²) in [7, 11) is 0. The Labute approximate surface area is 111 Å². The smallest absolute Gasteiger partial charge is 0.233 e. The first-order chi connectivity index (χ1) is 9.20. The van der Waals surface area contributed by atoms with E-state index in [9.17, 15) is 9.59 Å². The summed E-state index contributed by atoms with van der Waals surface area (Å²) in [6.07, 6.45) is 4.80. The fourth-order valence-electron chi connectivity index (χ4n) is 3.32. The fraction of sp³-hybridized carbons (Fsp3) is 0.692. The number of fused-ring (bicyclic) bond motifs is 1. The van der Waals surface area contributed by atoms with Crippen molar-refractivity contribution in [3.05, 3.63) is 12.2 Å². The average molecular weight is 262 g/mol. The lowest BCUT2D eigenvalue weighted by atomic mass is 10.00. The van der Waals surface area contributed by atoms with E-state index in [1.165, 1.54) is 11.2 Å². The van der Waals surface area contributed by atoms with Crippen LogP contribution in [0.3, 0.4) is 0 Å². The first-order valence-electron chi connectivity index (χ1n) is 6.90. The van der Waals surface area contributed by atoms with Gasteiger partial charge in [0.25, 0.3) is 0 Å². The van der Waals surface area contributed by atoms with Gasteiger partial charge < -0.3 is 0 Å². The number of hydrogen-bond acceptors (Lipinski definition) is 4.